The number of rotatable bonds is 3. The minimum atomic E-state index is -1.27. The number of carbonyl (C=O) groups is 3. The Bertz CT molecular complexity index is 764. The molecule has 0 aromatic carbocycles. The van der Waals surface area contributed by atoms with Crippen molar-refractivity contribution in [3.05, 3.63) is 0 Å². The lowest BCUT2D eigenvalue weighted by molar-refractivity contribution is -0.128. The quantitative estimate of drug-likeness (QED) is 0.523. The Kier molecular flexibility index (Phi) is 7.71. The van der Waals surface area contributed by atoms with Crippen molar-refractivity contribution in [3.63, 3.8) is 0 Å². The molecule has 9 heteroatoms. The van der Waals surface area contributed by atoms with Gasteiger partial charge in [0.05, 0.1) is 0 Å². The molecule has 1 radical (unpaired) electrons. The van der Waals surface area contributed by atoms with E-state index in [1.165, 1.54) is 0 Å². The van der Waals surface area contributed by atoms with Crippen LogP contribution in [0.4, 0.5) is 9.59 Å². The highest BCUT2D eigenvalue weighted by Gasteiger charge is 2.60. The summed E-state index contributed by atoms with van der Waals surface area (Å²) in [7, 11) is -1.27. The predicted molar refractivity (Wildman–Crippen MR) is 128 cm³/mol. The number of ether oxygens (including phenoxy) is 2. The monoisotopic (exact) mass is 483 g/mol. The van der Waals surface area contributed by atoms with Crippen molar-refractivity contribution < 1.29 is 28.3 Å². The highest BCUT2D eigenvalue weighted by Crippen LogP contribution is 2.49. The van der Waals surface area contributed by atoms with Crippen molar-refractivity contribution in [1.82, 2.24) is 9.80 Å². The molecule has 2 aliphatic rings. The van der Waals surface area contributed by atoms with Gasteiger partial charge in [0.15, 0.2) is 0 Å². The largest absolute Gasteiger partial charge is 0.444 e. The van der Waals surface area contributed by atoms with Crippen LogP contribution < -0.4 is 0 Å². The van der Waals surface area contributed by atoms with Gasteiger partial charge >= 0.3 is 12.2 Å². The van der Waals surface area contributed by atoms with Gasteiger partial charge < -0.3 is 13.9 Å². The molecule has 0 N–H and O–H groups in total. The Hall–Kier alpha value is -1.61. The molecule has 0 spiro atoms. The molecule has 2 rings (SSSR count). The van der Waals surface area contributed by atoms with Gasteiger partial charge in [0.1, 0.15) is 16.9 Å². The molecule has 3 atom stereocenters. The van der Waals surface area contributed by atoms with E-state index in [2.05, 4.69) is 20.8 Å². The molecular weight excluding hydrogens is 440 g/mol. The normalized spacial score (nSPS) is 26.8. The van der Waals surface area contributed by atoms with E-state index in [9.17, 15) is 14.4 Å². The molecule has 0 aromatic heterocycles. The zero-order valence-corrected chi connectivity index (χ0v) is 23.3. The van der Waals surface area contributed by atoms with Crippen LogP contribution in [0.5, 0.6) is 0 Å². The van der Waals surface area contributed by atoms with Gasteiger partial charge in [-0.05, 0) is 72.4 Å². The molecular formula is C24H43N2O6Si. The highest BCUT2D eigenvalue weighted by atomic mass is 28.3. The molecule has 0 aliphatic carbocycles. The van der Waals surface area contributed by atoms with Gasteiger partial charge in [-0.1, -0.05) is 20.8 Å². The van der Waals surface area contributed by atoms with Crippen LogP contribution in [-0.4, -0.2) is 67.0 Å². The second kappa shape index (κ2) is 9.21. The standard InChI is InChI=1S/C24H43N2O6Si/c1-21(2,3)17-13-24(32-33(10)11,26(15-17)20(29)31-23(7,8)9)16-12-18(27)25(14-16)19(28)30-22(4,5)6/h16-17H,12-15H2,1-11H3/t16?,17-,24-/m0/s1. The molecule has 0 bridgehead atoms. The first-order valence-electron chi connectivity index (χ1n) is 11.8. The fourth-order valence-corrected chi connectivity index (χ4v) is 5.52. The van der Waals surface area contributed by atoms with Crippen molar-refractivity contribution in [1.29, 1.82) is 0 Å². The summed E-state index contributed by atoms with van der Waals surface area (Å²) in [6.07, 6.45) is -0.394. The average molecular weight is 484 g/mol. The number of imide groups is 1. The summed E-state index contributed by atoms with van der Waals surface area (Å²) in [5.41, 5.74) is -2.46. The van der Waals surface area contributed by atoms with E-state index >= 15 is 0 Å². The zero-order valence-electron chi connectivity index (χ0n) is 22.3. The smallest absolute Gasteiger partial charge is 0.417 e. The number of likely N-dealkylation sites (tertiary alicyclic amines) is 2. The Labute approximate surface area is 201 Å². The fraction of sp³-hybridized carbons (Fsp3) is 0.875. The lowest BCUT2D eigenvalue weighted by Crippen LogP contribution is -2.57. The first-order chi connectivity index (χ1) is 14.7. The van der Waals surface area contributed by atoms with Gasteiger partial charge in [-0.3, -0.25) is 9.69 Å². The van der Waals surface area contributed by atoms with Gasteiger partial charge in [-0.2, -0.15) is 0 Å². The summed E-state index contributed by atoms with van der Waals surface area (Å²) >= 11 is 0. The number of carbonyl (C=O) groups excluding carboxylic acids is 3. The molecule has 1 unspecified atom stereocenters. The minimum absolute atomic E-state index is 0.0762. The van der Waals surface area contributed by atoms with Crippen LogP contribution in [-0.2, 0) is 18.7 Å². The molecule has 3 amide bonds. The molecule has 2 aliphatic heterocycles. The van der Waals surface area contributed by atoms with E-state index < -0.39 is 38.2 Å². The Balaban J connectivity index is 2.46. The molecule has 0 saturated carbocycles. The van der Waals surface area contributed by atoms with Crippen LogP contribution in [0.25, 0.3) is 0 Å². The van der Waals surface area contributed by atoms with Crippen molar-refractivity contribution >= 4 is 27.1 Å². The second-order valence-corrected chi connectivity index (χ2v) is 14.6. The van der Waals surface area contributed by atoms with Crippen molar-refractivity contribution in [2.75, 3.05) is 13.1 Å². The van der Waals surface area contributed by atoms with Gasteiger partial charge in [-0.15, -0.1) is 0 Å². The third-order valence-corrected chi connectivity index (χ3v) is 6.76. The molecule has 8 nitrogen and oxygen atoms in total. The fourth-order valence-electron chi connectivity index (χ4n) is 4.45. The van der Waals surface area contributed by atoms with Crippen LogP contribution >= 0.6 is 0 Å². The topological polar surface area (TPSA) is 85.4 Å². The van der Waals surface area contributed by atoms with Crippen LogP contribution in [0.1, 0.15) is 75.2 Å². The highest BCUT2D eigenvalue weighted by molar-refractivity contribution is 6.48. The van der Waals surface area contributed by atoms with Crippen LogP contribution in [0, 0.1) is 17.3 Å². The number of hydrogen-bond donors (Lipinski definition) is 0. The summed E-state index contributed by atoms with van der Waals surface area (Å²) in [5.74, 6) is -0.518. The second-order valence-electron chi connectivity index (χ2n) is 12.6. The molecule has 33 heavy (non-hydrogen) atoms. The average Bonchev–Trinajstić information content (AvgIpc) is 3.13. The summed E-state index contributed by atoms with van der Waals surface area (Å²) in [4.78, 5) is 41.9. The number of amides is 3. The lowest BCUT2D eigenvalue weighted by Gasteiger charge is -2.44. The third kappa shape index (κ3) is 6.71. The summed E-state index contributed by atoms with van der Waals surface area (Å²) < 4.78 is 17.9. The van der Waals surface area contributed by atoms with Crippen molar-refractivity contribution in [3.8, 4) is 0 Å². The van der Waals surface area contributed by atoms with Crippen LogP contribution in [0.15, 0.2) is 0 Å². The SMILES string of the molecule is C[Si](C)O[C@]1(C2CC(=O)N(C(=O)OC(C)(C)C)C2)C[C@H](C(C)(C)C)CN1C(=O)OC(C)(C)C. The Morgan fingerprint density at radius 2 is 1.42 bits per heavy atom. The summed E-state index contributed by atoms with van der Waals surface area (Å²) in [6, 6.07) is 0. The Morgan fingerprint density at radius 1 is 0.909 bits per heavy atom. The van der Waals surface area contributed by atoms with E-state index in [0.29, 0.717) is 13.0 Å². The Morgan fingerprint density at radius 3 is 1.88 bits per heavy atom. The third-order valence-electron chi connectivity index (χ3n) is 6.00. The van der Waals surface area contributed by atoms with Gasteiger partial charge in [-0.25, -0.2) is 14.5 Å². The summed E-state index contributed by atoms with van der Waals surface area (Å²) in [5, 5.41) is 0. The number of hydrogen-bond acceptors (Lipinski definition) is 6. The van der Waals surface area contributed by atoms with E-state index in [1.54, 1.807) is 25.7 Å². The van der Waals surface area contributed by atoms with Crippen molar-refractivity contribution in [2.45, 2.75) is 105 Å². The first-order valence-corrected chi connectivity index (χ1v) is 14.2. The van der Waals surface area contributed by atoms with Crippen molar-refractivity contribution in [2.24, 2.45) is 17.3 Å². The molecule has 2 fully saturated rings. The molecule has 2 heterocycles. The number of nitrogens with zero attached hydrogens (tertiary/aromatic N) is 2. The maximum absolute atomic E-state index is 13.4. The van der Waals surface area contributed by atoms with Crippen LogP contribution in [0.2, 0.25) is 13.1 Å². The lowest BCUT2D eigenvalue weighted by atomic mass is 9.77. The zero-order chi connectivity index (χ0) is 25.6. The maximum Gasteiger partial charge on any atom is 0.417 e. The minimum Gasteiger partial charge on any atom is -0.444 e. The maximum atomic E-state index is 13.4. The van der Waals surface area contributed by atoms with Gasteiger partial charge in [0.25, 0.3) is 0 Å². The van der Waals surface area contributed by atoms with Gasteiger partial charge in [0.2, 0.25) is 14.9 Å². The molecule has 2 saturated heterocycles. The summed E-state index contributed by atoms with van der Waals surface area (Å²) in [6.45, 7) is 21.9. The van der Waals surface area contributed by atoms with E-state index in [-0.39, 0.29) is 36.1 Å². The van der Waals surface area contributed by atoms with E-state index in [4.69, 9.17) is 13.9 Å². The van der Waals surface area contributed by atoms with Crippen LogP contribution in [0.3, 0.4) is 0 Å². The molecule has 189 valence electrons. The predicted octanol–water partition coefficient (Wildman–Crippen LogP) is 5.04. The van der Waals surface area contributed by atoms with Gasteiger partial charge in [0, 0.05) is 25.4 Å². The molecule has 0 aromatic rings. The van der Waals surface area contributed by atoms with E-state index in [1.807, 2.05) is 33.9 Å². The van der Waals surface area contributed by atoms with E-state index in [0.717, 1.165) is 4.90 Å². The first kappa shape index (κ1) is 27.6.